The molecule has 4 N–H and O–H groups in total. The number of carbonyl (C=O) groups is 2. The topological polar surface area (TPSA) is 84.2 Å². The highest BCUT2D eigenvalue weighted by Crippen LogP contribution is 2.11. The molecule has 0 fully saturated rings. The minimum absolute atomic E-state index is 0.0765. The Labute approximate surface area is 117 Å². The van der Waals surface area contributed by atoms with Crippen LogP contribution in [-0.4, -0.2) is 24.9 Å². The van der Waals surface area contributed by atoms with Gasteiger partial charge in [0.2, 0.25) is 5.91 Å². The quantitative estimate of drug-likeness (QED) is 0.687. The molecule has 0 atom stereocenters. The predicted molar refractivity (Wildman–Crippen MR) is 75.6 cm³/mol. The Kier molecular flexibility index (Phi) is 5.96. The molecule has 20 heavy (non-hydrogen) atoms. The molecule has 110 valence electrons. The maximum absolute atomic E-state index is 13.0. The van der Waals surface area contributed by atoms with Crippen LogP contribution in [0.3, 0.4) is 0 Å². The zero-order valence-electron chi connectivity index (χ0n) is 11.7. The van der Waals surface area contributed by atoms with Gasteiger partial charge in [0.15, 0.2) is 0 Å². The van der Waals surface area contributed by atoms with Crippen molar-refractivity contribution in [1.82, 2.24) is 10.6 Å². The van der Waals surface area contributed by atoms with Gasteiger partial charge < -0.3 is 16.4 Å². The SMILES string of the molecule is CC(C)CNC(=O)CCNC(=O)c1ccc(F)c(N)c1. The third-order valence-corrected chi connectivity index (χ3v) is 2.60. The number of amides is 2. The van der Waals surface area contributed by atoms with Crippen molar-refractivity contribution in [3.8, 4) is 0 Å². The average molecular weight is 281 g/mol. The lowest BCUT2D eigenvalue weighted by atomic mass is 10.2. The van der Waals surface area contributed by atoms with E-state index in [9.17, 15) is 14.0 Å². The van der Waals surface area contributed by atoms with Gasteiger partial charge in [-0.1, -0.05) is 13.8 Å². The molecule has 0 aliphatic heterocycles. The Hall–Kier alpha value is -2.11. The summed E-state index contributed by atoms with van der Waals surface area (Å²) in [6, 6.07) is 3.75. The van der Waals surface area contributed by atoms with Crippen molar-refractivity contribution in [2.45, 2.75) is 20.3 Å². The van der Waals surface area contributed by atoms with E-state index in [2.05, 4.69) is 10.6 Å². The van der Waals surface area contributed by atoms with Crippen molar-refractivity contribution in [3.05, 3.63) is 29.6 Å². The van der Waals surface area contributed by atoms with Crippen LogP contribution in [0.25, 0.3) is 0 Å². The lowest BCUT2D eigenvalue weighted by Crippen LogP contribution is -2.32. The van der Waals surface area contributed by atoms with E-state index >= 15 is 0 Å². The van der Waals surface area contributed by atoms with E-state index < -0.39 is 5.82 Å². The Balaban J connectivity index is 2.36. The van der Waals surface area contributed by atoms with Crippen LogP contribution < -0.4 is 16.4 Å². The standard InChI is InChI=1S/C14H20FN3O2/c1-9(2)8-18-13(19)5-6-17-14(20)10-3-4-11(15)12(16)7-10/h3-4,7,9H,5-6,8,16H2,1-2H3,(H,17,20)(H,18,19). The van der Waals surface area contributed by atoms with Crippen LogP contribution >= 0.6 is 0 Å². The second-order valence-electron chi connectivity index (χ2n) is 4.94. The lowest BCUT2D eigenvalue weighted by molar-refractivity contribution is -0.121. The number of hydrogen-bond acceptors (Lipinski definition) is 3. The second kappa shape index (κ2) is 7.47. The molecule has 0 aliphatic carbocycles. The van der Waals surface area contributed by atoms with Gasteiger partial charge in [-0.2, -0.15) is 0 Å². The molecule has 0 aliphatic rings. The molecule has 0 bridgehead atoms. The zero-order chi connectivity index (χ0) is 15.1. The molecular formula is C14H20FN3O2. The summed E-state index contributed by atoms with van der Waals surface area (Å²) in [5.41, 5.74) is 5.58. The minimum Gasteiger partial charge on any atom is -0.396 e. The van der Waals surface area contributed by atoms with E-state index in [4.69, 9.17) is 5.73 Å². The maximum atomic E-state index is 13.0. The summed E-state index contributed by atoms with van der Waals surface area (Å²) < 4.78 is 13.0. The summed E-state index contributed by atoms with van der Waals surface area (Å²) in [4.78, 5) is 23.2. The van der Waals surface area contributed by atoms with Crippen molar-refractivity contribution in [1.29, 1.82) is 0 Å². The molecule has 0 aromatic heterocycles. The molecule has 1 rings (SSSR count). The fourth-order valence-electron chi connectivity index (χ4n) is 1.48. The maximum Gasteiger partial charge on any atom is 0.251 e. The van der Waals surface area contributed by atoms with Gasteiger partial charge in [0.05, 0.1) is 5.69 Å². The molecule has 1 aromatic rings. The second-order valence-corrected chi connectivity index (χ2v) is 4.94. The van der Waals surface area contributed by atoms with Crippen molar-refractivity contribution in [2.24, 2.45) is 5.92 Å². The highest BCUT2D eigenvalue weighted by Gasteiger charge is 2.09. The van der Waals surface area contributed by atoms with E-state index in [1.807, 2.05) is 13.8 Å². The van der Waals surface area contributed by atoms with Gasteiger partial charge in [-0.15, -0.1) is 0 Å². The largest absolute Gasteiger partial charge is 0.396 e. The van der Waals surface area contributed by atoms with Gasteiger partial charge >= 0.3 is 0 Å². The molecule has 5 nitrogen and oxygen atoms in total. The molecule has 6 heteroatoms. The number of nitrogens with two attached hydrogens (primary N) is 1. The van der Waals surface area contributed by atoms with Crippen LogP contribution in [0.2, 0.25) is 0 Å². The summed E-state index contributed by atoms with van der Waals surface area (Å²) in [6.07, 6.45) is 0.204. The van der Waals surface area contributed by atoms with E-state index in [0.29, 0.717) is 12.5 Å². The number of rotatable bonds is 6. The Morgan fingerprint density at radius 2 is 2.00 bits per heavy atom. The molecule has 0 saturated heterocycles. The van der Waals surface area contributed by atoms with Gasteiger partial charge in [0.1, 0.15) is 5.82 Å². The first-order valence-electron chi connectivity index (χ1n) is 6.50. The third-order valence-electron chi connectivity index (χ3n) is 2.60. The molecular weight excluding hydrogens is 261 g/mol. The number of halogens is 1. The van der Waals surface area contributed by atoms with Crippen molar-refractivity contribution >= 4 is 17.5 Å². The molecule has 0 radical (unpaired) electrons. The zero-order valence-corrected chi connectivity index (χ0v) is 11.7. The average Bonchev–Trinajstić information content (AvgIpc) is 2.39. The van der Waals surface area contributed by atoms with Crippen molar-refractivity contribution < 1.29 is 14.0 Å². The summed E-state index contributed by atoms with van der Waals surface area (Å²) in [7, 11) is 0. The van der Waals surface area contributed by atoms with Crippen LogP contribution in [0, 0.1) is 11.7 Å². The molecule has 0 unspecified atom stereocenters. The monoisotopic (exact) mass is 281 g/mol. The third kappa shape index (κ3) is 5.26. The number of hydrogen-bond donors (Lipinski definition) is 3. The normalized spacial score (nSPS) is 10.4. The fourth-order valence-corrected chi connectivity index (χ4v) is 1.48. The minimum atomic E-state index is -0.561. The number of benzene rings is 1. The number of nitrogens with one attached hydrogen (secondary N) is 2. The predicted octanol–water partition coefficient (Wildman–Crippen LogP) is 1.30. The molecule has 0 spiro atoms. The fraction of sp³-hybridized carbons (Fsp3) is 0.429. The van der Waals surface area contributed by atoms with Gasteiger partial charge in [0, 0.05) is 25.1 Å². The van der Waals surface area contributed by atoms with Crippen LogP contribution in [0.1, 0.15) is 30.6 Å². The highest BCUT2D eigenvalue weighted by atomic mass is 19.1. The molecule has 0 saturated carbocycles. The van der Waals surface area contributed by atoms with E-state index in [0.717, 1.165) is 6.07 Å². The molecule has 2 amide bonds. The van der Waals surface area contributed by atoms with Crippen molar-refractivity contribution in [2.75, 3.05) is 18.8 Å². The number of nitrogen functional groups attached to an aromatic ring is 1. The lowest BCUT2D eigenvalue weighted by Gasteiger charge is -2.08. The Morgan fingerprint density at radius 3 is 2.60 bits per heavy atom. The van der Waals surface area contributed by atoms with Crippen molar-refractivity contribution in [3.63, 3.8) is 0 Å². The molecule has 0 heterocycles. The Bertz CT molecular complexity index is 489. The van der Waals surface area contributed by atoms with Gasteiger partial charge in [0.25, 0.3) is 5.91 Å². The van der Waals surface area contributed by atoms with E-state index in [-0.39, 0.29) is 36.0 Å². The van der Waals surface area contributed by atoms with Gasteiger partial charge in [-0.3, -0.25) is 9.59 Å². The van der Waals surface area contributed by atoms with E-state index in [1.54, 1.807) is 0 Å². The van der Waals surface area contributed by atoms with Crippen LogP contribution in [-0.2, 0) is 4.79 Å². The smallest absolute Gasteiger partial charge is 0.251 e. The van der Waals surface area contributed by atoms with Crippen LogP contribution in [0.15, 0.2) is 18.2 Å². The van der Waals surface area contributed by atoms with Crippen LogP contribution in [0.5, 0.6) is 0 Å². The molecule has 1 aromatic carbocycles. The summed E-state index contributed by atoms with van der Waals surface area (Å²) in [6.45, 7) is 4.84. The summed E-state index contributed by atoms with van der Waals surface area (Å²) >= 11 is 0. The first-order valence-corrected chi connectivity index (χ1v) is 6.50. The van der Waals surface area contributed by atoms with E-state index in [1.165, 1.54) is 12.1 Å². The number of anilines is 1. The summed E-state index contributed by atoms with van der Waals surface area (Å²) in [5, 5.41) is 5.34. The first kappa shape index (κ1) is 15.9. The summed E-state index contributed by atoms with van der Waals surface area (Å²) in [5.74, 6) is -0.670. The first-order chi connectivity index (χ1) is 9.40. The highest BCUT2D eigenvalue weighted by molar-refractivity contribution is 5.95. The Morgan fingerprint density at radius 1 is 1.30 bits per heavy atom. The van der Waals surface area contributed by atoms with Gasteiger partial charge in [-0.25, -0.2) is 4.39 Å². The van der Waals surface area contributed by atoms with Crippen LogP contribution in [0.4, 0.5) is 10.1 Å². The van der Waals surface area contributed by atoms with Gasteiger partial charge in [-0.05, 0) is 24.1 Å². The number of carbonyl (C=O) groups excluding carboxylic acids is 2.